The van der Waals surface area contributed by atoms with E-state index in [4.69, 9.17) is 23.2 Å². The van der Waals surface area contributed by atoms with Crippen molar-refractivity contribution in [3.05, 3.63) is 28.2 Å². The van der Waals surface area contributed by atoms with Crippen LogP contribution in [-0.2, 0) is 4.79 Å². The van der Waals surface area contributed by atoms with E-state index in [9.17, 15) is 14.7 Å². The third-order valence-corrected chi connectivity index (χ3v) is 4.16. The number of carboxylic acid groups (broad SMARTS) is 1. The zero-order chi connectivity index (χ0) is 16.7. The first-order valence-electron chi connectivity index (χ1n) is 6.91. The molecule has 1 saturated heterocycles. The maximum Gasteiger partial charge on any atom is 0.408 e. The van der Waals surface area contributed by atoms with Gasteiger partial charge in [-0.3, -0.25) is 9.69 Å². The lowest BCUT2D eigenvalue weighted by atomic mass is 10.0. The van der Waals surface area contributed by atoms with E-state index >= 15 is 0 Å². The van der Waals surface area contributed by atoms with Crippen LogP contribution in [0, 0.1) is 0 Å². The quantitative estimate of drug-likeness (QED) is 0.885. The number of hydrogen-bond acceptors (Lipinski definition) is 2. The Kier molecular flexibility index (Phi) is 4.59. The number of nitrogens with zero attached hydrogens (tertiary/aromatic N) is 2. The number of amides is 2. The van der Waals surface area contributed by atoms with Crippen molar-refractivity contribution in [1.82, 2.24) is 4.90 Å². The summed E-state index contributed by atoms with van der Waals surface area (Å²) in [5.41, 5.74) is -0.107. The molecule has 0 spiro atoms. The van der Waals surface area contributed by atoms with Gasteiger partial charge < -0.3 is 10.0 Å². The minimum Gasteiger partial charge on any atom is -0.465 e. The van der Waals surface area contributed by atoms with E-state index in [0.717, 1.165) is 0 Å². The Balaban J connectivity index is 2.31. The molecule has 22 heavy (non-hydrogen) atoms. The SMILES string of the molecule is CC(C)(C)N(C(=O)O)[C@H]1CCN(c2ccc(Cl)cc2Cl)C1=O. The highest BCUT2D eigenvalue weighted by Crippen LogP contribution is 2.34. The van der Waals surface area contributed by atoms with Crippen LogP contribution in [0.3, 0.4) is 0 Å². The van der Waals surface area contributed by atoms with Crippen LogP contribution < -0.4 is 4.90 Å². The molecule has 5 nitrogen and oxygen atoms in total. The molecule has 0 aliphatic carbocycles. The molecule has 1 fully saturated rings. The zero-order valence-electron chi connectivity index (χ0n) is 12.6. The fraction of sp³-hybridized carbons (Fsp3) is 0.467. The van der Waals surface area contributed by atoms with Gasteiger partial charge in [-0.05, 0) is 45.4 Å². The van der Waals surface area contributed by atoms with Crippen molar-refractivity contribution < 1.29 is 14.7 Å². The minimum absolute atomic E-state index is 0.262. The molecular weight excluding hydrogens is 327 g/mol. The van der Waals surface area contributed by atoms with Gasteiger partial charge in [0.2, 0.25) is 5.91 Å². The summed E-state index contributed by atoms with van der Waals surface area (Å²) in [6.45, 7) is 5.73. The molecule has 0 saturated carbocycles. The lowest BCUT2D eigenvalue weighted by Crippen LogP contribution is -2.54. The monoisotopic (exact) mass is 344 g/mol. The Morgan fingerprint density at radius 2 is 2.00 bits per heavy atom. The Morgan fingerprint density at radius 1 is 1.36 bits per heavy atom. The summed E-state index contributed by atoms with van der Waals surface area (Å²) in [5, 5.41) is 10.3. The van der Waals surface area contributed by atoms with Crippen molar-refractivity contribution in [2.75, 3.05) is 11.4 Å². The van der Waals surface area contributed by atoms with Gasteiger partial charge in [0.15, 0.2) is 0 Å². The molecule has 0 bridgehead atoms. The number of benzene rings is 1. The Morgan fingerprint density at radius 3 is 2.50 bits per heavy atom. The second-order valence-electron chi connectivity index (χ2n) is 6.21. The van der Waals surface area contributed by atoms with Crippen LogP contribution in [0.1, 0.15) is 27.2 Å². The van der Waals surface area contributed by atoms with E-state index in [1.807, 2.05) is 0 Å². The first-order valence-corrected chi connectivity index (χ1v) is 7.67. The number of halogens is 2. The second-order valence-corrected chi connectivity index (χ2v) is 7.06. The first kappa shape index (κ1) is 16.9. The fourth-order valence-corrected chi connectivity index (χ4v) is 3.24. The fourth-order valence-electron chi connectivity index (χ4n) is 2.73. The molecule has 0 aromatic heterocycles. The molecule has 1 aliphatic rings. The molecule has 2 rings (SSSR count). The first-order chi connectivity index (χ1) is 10.1. The summed E-state index contributed by atoms with van der Waals surface area (Å²) in [4.78, 5) is 26.9. The van der Waals surface area contributed by atoms with Crippen LogP contribution in [0.15, 0.2) is 18.2 Å². The number of rotatable bonds is 2. The standard InChI is InChI=1S/C15H18Cl2N2O3/c1-15(2,3)19(14(21)22)12-6-7-18(13(12)20)11-5-4-9(16)8-10(11)17/h4-5,8,12H,6-7H2,1-3H3,(H,21,22)/t12-/m0/s1. The van der Waals surface area contributed by atoms with Gasteiger partial charge in [-0.2, -0.15) is 0 Å². The molecule has 1 atom stereocenters. The van der Waals surface area contributed by atoms with Crippen molar-refractivity contribution >= 4 is 40.9 Å². The van der Waals surface area contributed by atoms with Gasteiger partial charge >= 0.3 is 6.09 Å². The molecule has 0 unspecified atom stereocenters. The normalized spacial score (nSPS) is 18.7. The van der Waals surface area contributed by atoms with Crippen LogP contribution >= 0.6 is 23.2 Å². The average Bonchev–Trinajstić information content (AvgIpc) is 2.70. The van der Waals surface area contributed by atoms with Crippen LogP contribution in [0.4, 0.5) is 10.5 Å². The largest absolute Gasteiger partial charge is 0.465 e. The molecule has 1 heterocycles. The highest BCUT2D eigenvalue weighted by molar-refractivity contribution is 6.36. The smallest absolute Gasteiger partial charge is 0.408 e. The van der Waals surface area contributed by atoms with E-state index in [0.29, 0.717) is 28.7 Å². The third kappa shape index (κ3) is 3.15. The lowest BCUT2D eigenvalue weighted by Gasteiger charge is -2.36. The van der Waals surface area contributed by atoms with Crippen LogP contribution in [0.2, 0.25) is 10.0 Å². The zero-order valence-corrected chi connectivity index (χ0v) is 14.1. The van der Waals surface area contributed by atoms with Crippen molar-refractivity contribution in [3.8, 4) is 0 Å². The van der Waals surface area contributed by atoms with Crippen LogP contribution in [-0.4, -0.2) is 40.1 Å². The molecule has 120 valence electrons. The van der Waals surface area contributed by atoms with Crippen molar-refractivity contribution in [1.29, 1.82) is 0 Å². The maximum atomic E-state index is 12.7. The lowest BCUT2D eigenvalue weighted by molar-refractivity contribution is -0.122. The molecule has 0 radical (unpaired) electrons. The molecule has 7 heteroatoms. The molecule has 1 aromatic carbocycles. The van der Waals surface area contributed by atoms with Gasteiger partial charge in [0.1, 0.15) is 6.04 Å². The predicted octanol–water partition coefficient (Wildman–Crippen LogP) is 3.88. The molecule has 1 aromatic rings. The molecule has 2 amide bonds. The summed E-state index contributed by atoms with van der Waals surface area (Å²) >= 11 is 12.0. The van der Waals surface area contributed by atoms with E-state index in [2.05, 4.69) is 0 Å². The van der Waals surface area contributed by atoms with Crippen LogP contribution in [0.25, 0.3) is 0 Å². The van der Waals surface area contributed by atoms with E-state index in [1.165, 1.54) is 9.80 Å². The van der Waals surface area contributed by atoms with E-state index in [-0.39, 0.29) is 5.91 Å². The van der Waals surface area contributed by atoms with Gasteiger partial charge in [-0.25, -0.2) is 4.79 Å². The van der Waals surface area contributed by atoms with Crippen LogP contribution in [0.5, 0.6) is 0 Å². The molecular formula is C15H18Cl2N2O3. The summed E-state index contributed by atoms with van der Waals surface area (Å²) in [6, 6.07) is 4.19. The summed E-state index contributed by atoms with van der Waals surface area (Å²) in [6.07, 6.45) is -0.670. The van der Waals surface area contributed by atoms with Gasteiger partial charge in [0.25, 0.3) is 0 Å². The Hall–Kier alpha value is -1.46. The minimum atomic E-state index is -1.10. The topological polar surface area (TPSA) is 60.9 Å². The molecule has 1 aliphatic heterocycles. The number of carbonyl (C=O) groups is 2. The maximum absolute atomic E-state index is 12.7. The average molecular weight is 345 g/mol. The van der Waals surface area contributed by atoms with Crippen molar-refractivity contribution in [2.45, 2.75) is 38.8 Å². The Bertz CT molecular complexity index is 613. The van der Waals surface area contributed by atoms with Gasteiger partial charge in [0.05, 0.1) is 10.7 Å². The van der Waals surface area contributed by atoms with Crippen molar-refractivity contribution in [3.63, 3.8) is 0 Å². The number of hydrogen-bond donors (Lipinski definition) is 1. The Labute approximate surface area is 139 Å². The predicted molar refractivity (Wildman–Crippen MR) is 86.8 cm³/mol. The summed E-state index contributed by atoms with van der Waals surface area (Å²) in [5.74, 6) is -0.262. The van der Waals surface area contributed by atoms with E-state index in [1.54, 1.807) is 39.0 Å². The van der Waals surface area contributed by atoms with Gasteiger partial charge in [-0.15, -0.1) is 0 Å². The molecule has 1 N–H and O–H groups in total. The van der Waals surface area contributed by atoms with Gasteiger partial charge in [-0.1, -0.05) is 23.2 Å². The highest BCUT2D eigenvalue weighted by Gasteiger charge is 2.43. The third-order valence-electron chi connectivity index (χ3n) is 3.62. The number of carbonyl (C=O) groups excluding carboxylic acids is 1. The summed E-state index contributed by atoms with van der Waals surface area (Å²) in [7, 11) is 0. The van der Waals surface area contributed by atoms with E-state index < -0.39 is 17.7 Å². The highest BCUT2D eigenvalue weighted by atomic mass is 35.5. The van der Waals surface area contributed by atoms with Crippen molar-refractivity contribution in [2.24, 2.45) is 0 Å². The van der Waals surface area contributed by atoms with Gasteiger partial charge in [0, 0.05) is 17.1 Å². The second kappa shape index (κ2) is 5.97. The summed E-state index contributed by atoms with van der Waals surface area (Å²) < 4.78 is 0. The number of anilines is 1.